The first-order chi connectivity index (χ1) is 13.0. The van der Waals surface area contributed by atoms with E-state index in [0.29, 0.717) is 33.9 Å². The lowest BCUT2D eigenvalue weighted by Gasteiger charge is -2.14. The van der Waals surface area contributed by atoms with Gasteiger partial charge in [-0.2, -0.15) is 0 Å². The van der Waals surface area contributed by atoms with Crippen molar-refractivity contribution in [2.45, 2.75) is 46.0 Å². The third-order valence-corrected chi connectivity index (χ3v) is 6.18. The zero-order valence-corrected chi connectivity index (χ0v) is 17.1. The SMILES string of the molecule is CCCc1ccc(/C(O)=C2\CCc3nc(CC(=O)SCC)sc3C2=O)cn1. The van der Waals surface area contributed by atoms with E-state index in [2.05, 4.69) is 16.9 Å². The summed E-state index contributed by atoms with van der Waals surface area (Å²) in [6.07, 6.45) is 4.79. The van der Waals surface area contributed by atoms with Crippen LogP contribution in [-0.4, -0.2) is 31.7 Å². The molecule has 27 heavy (non-hydrogen) atoms. The van der Waals surface area contributed by atoms with Gasteiger partial charge in [-0.1, -0.05) is 32.0 Å². The molecule has 1 aliphatic rings. The van der Waals surface area contributed by atoms with Crippen molar-refractivity contribution in [3.05, 3.63) is 50.7 Å². The third-order valence-electron chi connectivity index (χ3n) is 4.32. The molecule has 1 aliphatic carbocycles. The molecule has 0 atom stereocenters. The first-order valence-electron chi connectivity index (χ1n) is 9.09. The average molecular weight is 403 g/mol. The fraction of sp³-hybridized carbons (Fsp3) is 0.400. The maximum Gasteiger partial charge on any atom is 0.204 e. The van der Waals surface area contributed by atoms with Gasteiger partial charge in [0.25, 0.3) is 0 Å². The third kappa shape index (κ3) is 4.47. The Bertz CT molecular complexity index is 885. The Balaban J connectivity index is 1.83. The summed E-state index contributed by atoms with van der Waals surface area (Å²) in [6, 6.07) is 3.69. The number of carbonyl (C=O) groups excluding carboxylic acids is 2. The van der Waals surface area contributed by atoms with Gasteiger partial charge in [0.05, 0.1) is 17.0 Å². The summed E-state index contributed by atoms with van der Waals surface area (Å²) in [7, 11) is 0. The Morgan fingerprint density at radius 1 is 1.30 bits per heavy atom. The van der Waals surface area contributed by atoms with Gasteiger partial charge in [-0.25, -0.2) is 4.98 Å². The maximum absolute atomic E-state index is 12.9. The fourth-order valence-electron chi connectivity index (χ4n) is 3.02. The lowest BCUT2D eigenvalue weighted by atomic mass is 9.93. The monoisotopic (exact) mass is 402 g/mol. The highest BCUT2D eigenvalue weighted by Gasteiger charge is 2.29. The fourth-order valence-corrected chi connectivity index (χ4v) is 4.75. The number of aliphatic hydroxyl groups excluding tert-OH is 1. The Labute approximate surface area is 166 Å². The van der Waals surface area contributed by atoms with Gasteiger partial charge < -0.3 is 5.11 Å². The standard InChI is InChI=1S/C20H22N2O3S2/c1-3-5-13-7-6-12(11-21-13)18(24)14-8-9-15-20(19(14)25)27-16(22-15)10-17(23)26-4-2/h6-7,11,24H,3-5,8-10H2,1-2H3/b18-14-. The highest BCUT2D eigenvalue weighted by atomic mass is 32.2. The van der Waals surface area contributed by atoms with Crippen molar-refractivity contribution in [2.24, 2.45) is 0 Å². The number of allylic oxidation sites excluding steroid dienone is 1. The van der Waals surface area contributed by atoms with Crippen molar-refractivity contribution in [3.8, 4) is 0 Å². The molecule has 7 heteroatoms. The van der Waals surface area contributed by atoms with Crippen molar-refractivity contribution in [1.29, 1.82) is 0 Å². The molecule has 2 aromatic heterocycles. The van der Waals surface area contributed by atoms with E-state index >= 15 is 0 Å². The molecule has 3 rings (SSSR count). The molecule has 2 heterocycles. The minimum Gasteiger partial charge on any atom is -0.507 e. The number of pyridine rings is 1. The van der Waals surface area contributed by atoms with Crippen molar-refractivity contribution in [1.82, 2.24) is 9.97 Å². The Kier molecular flexibility index (Phi) is 6.44. The van der Waals surface area contributed by atoms with E-state index in [9.17, 15) is 14.7 Å². The smallest absolute Gasteiger partial charge is 0.204 e. The normalized spacial score (nSPS) is 15.6. The number of nitrogens with zero attached hydrogens (tertiary/aromatic N) is 2. The first kappa shape index (κ1) is 19.8. The molecule has 0 saturated heterocycles. The molecule has 0 bridgehead atoms. The Morgan fingerprint density at radius 3 is 2.78 bits per heavy atom. The number of thioether (sulfide) groups is 1. The summed E-state index contributed by atoms with van der Waals surface area (Å²) in [6.45, 7) is 4.02. The van der Waals surface area contributed by atoms with Gasteiger partial charge in [0, 0.05) is 23.0 Å². The van der Waals surface area contributed by atoms with Gasteiger partial charge in [0.2, 0.25) is 5.78 Å². The molecule has 0 fully saturated rings. The van der Waals surface area contributed by atoms with E-state index in [1.54, 1.807) is 6.20 Å². The van der Waals surface area contributed by atoms with E-state index in [-0.39, 0.29) is 23.1 Å². The van der Waals surface area contributed by atoms with Crippen molar-refractivity contribution >= 4 is 39.8 Å². The van der Waals surface area contributed by atoms with Gasteiger partial charge in [0.1, 0.15) is 10.8 Å². The zero-order valence-electron chi connectivity index (χ0n) is 15.4. The minimum absolute atomic E-state index is 0.00577. The van der Waals surface area contributed by atoms with Crippen molar-refractivity contribution in [2.75, 3.05) is 5.75 Å². The Morgan fingerprint density at radius 2 is 2.11 bits per heavy atom. The van der Waals surface area contributed by atoms with Gasteiger partial charge in [-0.05, 0) is 37.1 Å². The quantitative estimate of drug-likeness (QED) is 0.569. The van der Waals surface area contributed by atoms with Gasteiger partial charge >= 0.3 is 0 Å². The molecule has 0 radical (unpaired) electrons. The zero-order chi connectivity index (χ0) is 19.4. The van der Waals surface area contributed by atoms with Gasteiger partial charge in [0.15, 0.2) is 5.12 Å². The van der Waals surface area contributed by atoms with Crippen molar-refractivity contribution in [3.63, 3.8) is 0 Å². The predicted molar refractivity (Wildman–Crippen MR) is 109 cm³/mol. The highest BCUT2D eigenvalue weighted by Crippen LogP contribution is 2.33. The maximum atomic E-state index is 12.9. The predicted octanol–water partition coefficient (Wildman–Crippen LogP) is 4.41. The summed E-state index contributed by atoms with van der Waals surface area (Å²) in [5, 5.41) is 11.4. The van der Waals surface area contributed by atoms with E-state index in [1.807, 2.05) is 19.1 Å². The lowest BCUT2D eigenvalue weighted by Crippen LogP contribution is -2.14. The van der Waals surface area contributed by atoms with Crippen LogP contribution in [0.2, 0.25) is 0 Å². The number of aliphatic hydroxyl groups is 1. The van der Waals surface area contributed by atoms with E-state index in [4.69, 9.17) is 0 Å². The minimum atomic E-state index is -0.189. The molecule has 2 aromatic rings. The number of rotatable bonds is 6. The van der Waals surface area contributed by atoms with Crippen LogP contribution in [0, 0.1) is 0 Å². The molecular formula is C20H22N2O3S2. The molecule has 0 aromatic carbocycles. The average Bonchev–Trinajstić information content (AvgIpc) is 3.06. The van der Waals surface area contributed by atoms with Crippen LogP contribution in [0.3, 0.4) is 0 Å². The molecule has 0 unspecified atom stereocenters. The summed E-state index contributed by atoms with van der Waals surface area (Å²) >= 11 is 2.53. The molecule has 0 saturated carbocycles. The second-order valence-corrected chi connectivity index (χ2v) is 8.71. The number of hydrogen-bond acceptors (Lipinski definition) is 7. The molecule has 5 nitrogen and oxygen atoms in total. The van der Waals surface area contributed by atoms with Crippen LogP contribution in [0.1, 0.15) is 58.3 Å². The largest absolute Gasteiger partial charge is 0.507 e. The van der Waals surface area contributed by atoms with E-state index in [0.717, 1.165) is 30.0 Å². The topological polar surface area (TPSA) is 80.2 Å². The number of aryl methyl sites for hydroxylation is 2. The summed E-state index contributed by atoms with van der Waals surface area (Å²) in [5.74, 6) is 0.536. The van der Waals surface area contributed by atoms with Crippen LogP contribution < -0.4 is 0 Å². The van der Waals surface area contributed by atoms with Gasteiger partial charge in [-0.3, -0.25) is 14.6 Å². The summed E-state index contributed by atoms with van der Waals surface area (Å²) in [5.41, 5.74) is 2.67. The molecule has 0 aliphatic heterocycles. The van der Waals surface area contributed by atoms with Crippen LogP contribution in [0.5, 0.6) is 0 Å². The number of ketones is 1. The second kappa shape index (κ2) is 8.80. The van der Waals surface area contributed by atoms with E-state index < -0.39 is 0 Å². The van der Waals surface area contributed by atoms with E-state index in [1.165, 1.54) is 23.1 Å². The van der Waals surface area contributed by atoms with Crippen LogP contribution >= 0.6 is 23.1 Å². The Hall–Kier alpha value is -1.99. The number of aromatic nitrogens is 2. The van der Waals surface area contributed by atoms with Crippen molar-refractivity contribution < 1.29 is 14.7 Å². The van der Waals surface area contributed by atoms with Crippen LogP contribution in [0.4, 0.5) is 0 Å². The number of fused-ring (bicyclic) bond motifs is 1. The highest BCUT2D eigenvalue weighted by molar-refractivity contribution is 8.13. The molecule has 0 amide bonds. The number of hydrogen-bond donors (Lipinski definition) is 1. The van der Waals surface area contributed by atoms with Crippen LogP contribution in [0.15, 0.2) is 23.9 Å². The molecule has 0 spiro atoms. The van der Waals surface area contributed by atoms with Crippen LogP contribution in [0.25, 0.3) is 5.76 Å². The molecular weight excluding hydrogens is 380 g/mol. The van der Waals surface area contributed by atoms with Crippen LogP contribution in [-0.2, 0) is 24.1 Å². The lowest BCUT2D eigenvalue weighted by molar-refractivity contribution is -0.110. The molecule has 142 valence electrons. The number of carbonyl (C=O) groups is 2. The van der Waals surface area contributed by atoms with Gasteiger partial charge in [-0.15, -0.1) is 11.3 Å². The molecule has 1 N–H and O–H groups in total. The number of thiazole rings is 1. The second-order valence-electron chi connectivity index (χ2n) is 6.31. The summed E-state index contributed by atoms with van der Waals surface area (Å²) in [4.78, 5) is 34.1. The number of Topliss-reactive ketones (excluding diaryl/α,β-unsaturated/α-hetero) is 1. The first-order valence-corrected chi connectivity index (χ1v) is 10.9. The summed E-state index contributed by atoms with van der Waals surface area (Å²) < 4.78 is 0.